The lowest BCUT2D eigenvalue weighted by Gasteiger charge is -2.40. The number of hydrogen-bond donors (Lipinski definition) is 4. The van der Waals surface area contributed by atoms with E-state index in [2.05, 4.69) is 0 Å². The highest BCUT2D eigenvalue weighted by atomic mass is 31.2. The lowest BCUT2D eigenvalue weighted by atomic mass is 9.64. The molecule has 4 N–H and O–H groups in total. The third-order valence-electron chi connectivity index (χ3n) is 6.27. The Kier molecular flexibility index (Phi) is 9.00. The molecule has 1 atom stereocenters. The molecular formula is C27H32O7P+. The summed E-state index contributed by atoms with van der Waals surface area (Å²) in [7, 11) is -1.29. The Labute approximate surface area is 206 Å². The van der Waals surface area contributed by atoms with Crippen LogP contribution < -0.4 is 9.47 Å². The van der Waals surface area contributed by atoms with Gasteiger partial charge in [-0.25, -0.2) is 4.79 Å². The number of benzene rings is 3. The van der Waals surface area contributed by atoms with Gasteiger partial charge in [0, 0.05) is 0 Å². The molecule has 0 aliphatic rings. The van der Waals surface area contributed by atoms with Crippen LogP contribution >= 0.6 is 7.94 Å². The van der Waals surface area contributed by atoms with Crippen LogP contribution in [0.4, 0.5) is 0 Å². The first kappa shape index (κ1) is 26.8. The van der Waals surface area contributed by atoms with E-state index in [-0.39, 0.29) is 6.42 Å². The highest BCUT2D eigenvalue weighted by Gasteiger charge is 2.44. The Balaban J connectivity index is 2.05. The van der Waals surface area contributed by atoms with E-state index < -0.39 is 25.0 Å². The Morgan fingerprint density at radius 2 is 1.23 bits per heavy atom. The highest BCUT2D eigenvalue weighted by Crippen LogP contribution is 2.47. The van der Waals surface area contributed by atoms with Crippen LogP contribution in [0.3, 0.4) is 0 Å². The molecule has 0 saturated heterocycles. The van der Waals surface area contributed by atoms with Crippen molar-refractivity contribution in [1.29, 1.82) is 0 Å². The molecule has 0 bridgehead atoms. The van der Waals surface area contributed by atoms with E-state index in [1.807, 2.05) is 78.9 Å². The van der Waals surface area contributed by atoms with Gasteiger partial charge in [0.15, 0.2) is 0 Å². The minimum atomic E-state index is -4.49. The van der Waals surface area contributed by atoms with Crippen LogP contribution in [0.2, 0.25) is 0 Å². The van der Waals surface area contributed by atoms with Crippen LogP contribution in [0.1, 0.15) is 42.4 Å². The van der Waals surface area contributed by atoms with Gasteiger partial charge in [0.1, 0.15) is 11.5 Å². The van der Waals surface area contributed by atoms with Crippen molar-refractivity contribution in [3.8, 4) is 11.5 Å². The first-order valence-electron chi connectivity index (χ1n) is 11.4. The molecule has 7 nitrogen and oxygen atoms in total. The summed E-state index contributed by atoms with van der Waals surface area (Å²) in [5.74, 6) is 1.39. The molecule has 0 radical (unpaired) electrons. The number of aliphatic hydroxyl groups excluding tert-OH is 1. The van der Waals surface area contributed by atoms with E-state index in [0.717, 1.165) is 16.7 Å². The van der Waals surface area contributed by atoms with Crippen LogP contribution in [-0.4, -0.2) is 45.6 Å². The number of carbonyl (C=O) groups excluding carboxylic acids is 1. The predicted octanol–water partition coefficient (Wildman–Crippen LogP) is 4.23. The summed E-state index contributed by atoms with van der Waals surface area (Å²) >= 11 is 0. The second-order valence-electron chi connectivity index (χ2n) is 8.35. The number of carbonyl (C=O) groups is 1. The molecule has 0 fully saturated rings. The van der Waals surface area contributed by atoms with E-state index in [9.17, 15) is 9.90 Å². The van der Waals surface area contributed by atoms with Crippen LogP contribution in [0, 0.1) is 0 Å². The first-order valence-corrected chi connectivity index (χ1v) is 13.0. The Morgan fingerprint density at radius 3 is 1.66 bits per heavy atom. The van der Waals surface area contributed by atoms with Gasteiger partial charge in [-0.3, -0.25) is 0 Å². The SMILES string of the molecule is COc1ccc(C(c2ccccc2)(c2ccc(OC)cc2)C(O)CCCCC(=O)[P+](O)(O)O)cc1. The van der Waals surface area contributed by atoms with E-state index in [4.69, 9.17) is 24.2 Å². The quantitative estimate of drug-likeness (QED) is 0.167. The van der Waals surface area contributed by atoms with Crippen molar-refractivity contribution < 1.29 is 34.1 Å². The normalized spacial score (nSPS) is 12.7. The Hall–Kier alpha value is -2.80. The zero-order valence-electron chi connectivity index (χ0n) is 19.9. The summed E-state index contributed by atoms with van der Waals surface area (Å²) in [6, 6.07) is 24.9. The van der Waals surface area contributed by atoms with E-state index in [1.54, 1.807) is 14.2 Å². The maximum absolute atomic E-state index is 11.8. The highest BCUT2D eigenvalue weighted by molar-refractivity contribution is 7.76. The molecule has 0 amide bonds. The predicted molar refractivity (Wildman–Crippen MR) is 135 cm³/mol. The third kappa shape index (κ3) is 6.07. The lowest BCUT2D eigenvalue weighted by molar-refractivity contribution is -0.114. The number of ether oxygens (including phenoxy) is 2. The molecule has 0 saturated carbocycles. The van der Waals surface area contributed by atoms with Gasteiger partial charge in [-0.05, 0) is 53.8 Å². The van der Waals surface area contributed by atoms with Gasteiger partial charge in [0.05, 0.1) is 32.2 Å². The molecular weight excluding hydrogens is 467 g/mol. The number of rotatable bonds is 12. The molecule has 0 aliphatic carbocycles. The molecule has 186 valence electrons. The molecule has 35 heavy (non-hydrogen) atoms. The summed E-state index contributed by atoms with van der Waals surface area (Å²) in [6.07, 6.45) is 0.00337. The van der Waals surface area contributed by atoms with Gasteiger partial charge in [-0.1, -0.05) is 61.0 Å². The zero-order valence-corrected chi connectivity index (χ0v) is 20.8. The van der Waals surface area contributed by atoms with Crippen molar-refractivity contribution in [2.75, 3.05) is 14.2 Å². The zero-order chi connectivity index (χ0) is 25.5. The van der Waals surface area contributed by atoms with Gasteiger partial charge < -0.3 is 14.6 Å². The average molecular weight is 500 g/mol. The molecule has 3 aromatic rings. The summed E-state index contributed by atoms with van der Waals surface area (Å²) in [5.41, 5.74) is 0.718. The van der Waals surface area contributed by atoms with Crippen molar-refractivity contribution in [3.05, 3.63) is 95.6 Å². The number of hydrogen-bond acceptors (Lipinski definition) is 7. The second-order valence-corrected chi connectivity index (χ2v) is 9.99. The maximum atomic E-state index is 11.8. The van der Waals surface area contributed by atoms with Crippen LogP contribution in [0.15, 0.2) is 78.9 Å². The van der Waals surface area contributed by atoms with Gasteiger partial charge in [0.2, 0.25) is 0 Å². The topological polar surface area (TPSA) is 116 Å². The van der Waals surface area contributed by atoms with Crippen molar-refractivity contribution in [3.63, 3.8) is 0 Å². The van der Waals surface area contributed by atoms with Gasteiger partial charge in [-0.2, -0.15) is 14.7 Å². The molecule has 3 aromatic carbocycles. The molecule has 0 aliphatic heterocycles. The summed E-state index contributed by atoms with van der Waals surface area (Å²) < 4.78 is 10.7. The van der Waals surface area contributed by atoms with Crippen molar-refractivity contribution in [2.24, 2.45) is 0 Å². The fourth-order valence-electron chi connectivity index (χ4n) is 4.47. The summed E-state index contributed by atoms with van der Waals surface area (Å²) in [6.45, 7) is 0. The minimum absolute atomic E-state index is 0.173. The maximum Gasteiger partial charge on any atom is 0.478 e. The average Bonchev–Trinajstić information content (AvgIpc) is 2.87. The third-order valence-corrected chi connectivity index (χ3v) is 7.17. The molecule has 1 unspecified atom stereocenters. The van der Waals surface area contributed by atoms with Crippen molar-refractivity contribution >= 4 is 13.5 Å². The summed E-state index contributed by atoms with van der Waals surface area (Å²) in [4.78, 5) is 39.2. The molecule has 8 heteroatoms. The number of unbranched alkanes of at least 4 members (excludes halogenated alkanes) is 1. The van der Waals surface area contributed by atoms with E-state index >= 15 is 0 Å². The fraction of sp³-hybridized carbons (Fsp3) is 0.296. The minimum Gasteiger partial charge on any atom is -0.497 e. The second kappa shape index (κ2) is 11.8. The van der Waals surface area contributed by atoms with Gasteiger partial charge in [-0.15, -0.1) is 0 Å². The van der Waals surface area contributed by atoms with Crippen LogP contribution in [0.25, 0.3) is 0 Å². The van der Waals surface area contributed by atoms with Crippen molar-refractivity contribution in [1.82, 2.24) is 0 Å². The van der Waals surface area contributed by atoms with Gasteiger partial charge in [0.25, 0.3) is 0 Å². The van der Waals surface area contributed by atoms with Gasteiger partial charge >= 0.3 is 13.5 Å². The van der Waals surface area contributed by atoms with E-state index in [0.29, 0.717) is 30.8 Å². The fourth-order valence-corrected chi connectivity index (χ4v) is 4.92. The largest absolute Gasteiger partial charge is 0.497 e. The van der Waals surface area contributed by atoms with Crippen LogP contribution in [0.5, 0.6) is 11.5 Å². The van der Waals surface area contributed by atoms with Crippen LogP contribution in [-0.2, 0) is 10.2 Å². The van der Waals surface area contributed by atoms with Crippen molar-refractivity contribution in [2.45, 2.75) is 37.2 Å². The van der Waals surface area contributed by atoms with E-state index in [1.165, 1.54) is 0 Å². The molecule has 0 spiro atoms. The summed E-state index contributed by atoms with van der Waals surface area (Å²) in [5, 5.41) is 11.8. The number of methoxy groups -OCH3 is 2. The smallest absolute Gasteiger partial charge is 0.478 e. The standard InChI is InChI=1S/C27H32O7P/c1-33-23-16-12-21(13-17-23)27(20-8-4-3-5-9-20,22-14-18-24(34-2)19-15-22)25(28)10-6-7-11-26(29)35(30,31)32/h3-5,8-9,12-19,25,28,30-32H,6-7,10-11H2,1-2H3/q+1. The molecule has 3 rings (SSSR count). The monoisotopic (exact) mass is 499 g/mol. The Bertz CT molecular complexity index is 1030. The first-order chi connectivity index (χ1) is 16.7. The Morgan fingerprint density at radius 1 is 0.771 bits per heavy atom. The number of aliphatic hydroxyl groups is 1. The molecule has 0 aromatic heterocycles. The molecule has 0 heterocycles. The lowest BCUT2D eigenvalue weighted by Crippen LogP contribution is -2.42.